The lowest BCUT2D eigenvalue weighted by molar-refractivity contribution is -0.140. The Balaban J connectivity index is 1.44. The first-order valence-electron chi connectivity index (χ1n) is 12.2. The molecule has 0 amide bonds. The van der Waals surface area contributed by atoms with Crippen molar-refractivity contribution in [2.24, 2.45) is 0 Å². The van der Waals surface area contributed by atoms with Gasteiger partial charge in [-0.05, 0) is 79.8 Å². The van der Waals surface area contributed by atoms with Crippen LogP contribution in [0.3, 0.4) is 0 Å². The number of carbonyl (C=O) groups excluding carboxylic acids is 1. The van der Waals surface area contributed by atoms with E-state index in [9.17, 15) is 4.79 Å². The van der Waals surface area contributed by atoms with Crippen LogP contribution in [0.5, 0.6) is 0 Å². The highest BCUT2D eigenvalue weighted by Gasteiger charge is 2.12. The smallest absolute Gasteiger partial charge is 0.302 e. The van der Waals surface area contributed by atoms with Gasteiger partial charge in [0.05, 0.1) is 6.61 Å². The minimum Gasteiger partial charge on any atom is -0.466 e. The minimum atomic E-state index is -0.228. The third-order valence-electron chi connectivity index (χ3n) is 6.20. The van der Waals surface area contributed by atoms with Crippen LogP contribution in [0, 0.1) is 13.8 Å². The number of hydrogen-bond acceptors (Lipinski definition) is 3. The quantitative estimate of drug-likeness (QED) is 0.239. The molecule has 0 radical (unpaired) electrons. The van der Waals surface area contributed by atoms with E-state index in [2.05, 4.69) is 116 Å². The number of hydrogen-bond donors (Lipinski definition) is 0. The first kappa shape index (κ1) is 24.3. The molecule has 0 fully saturated rings. The summed E-state index contributed by atoms with van der Waals surface area (Å²) < 4.78 is 5.03. The molecule has 0 heterocycles. The van der Waals surface area contributed by atoms with Crippen LogP contribution in [0.1, 0.15) is 34.7 Å². The molecule has 35 heavy (non-hydrogen) atoms. The predicted molar refractivity (Wildman–Crippen MR) is 145 cm³/mol. The van der Waals surface area contributed by atoms with Crippen LogP contribution in [0.4, 0.5) is 17.1 Å². The molecular weight excluding hydrogens is 430 g/mol. The number of aryl methyl sites for hydroxylation is 4. The summed E-state index contributed by atoms with van der Waals surface area (Å²) in [7, 11) is 0. The van der Waals surface area contributed by atoms with Gasteiger partial charge in [-0.15, -0.1) is 0 Å². The fourth-order valence-corrected chi connectivity index (χ4v) is 4.12. The van der Waals surface area contributed by atoms with Gasteiger partial charge in [-0.2, -0.15) is 0 Å². The highest BCUT2D eigenvalue weighted by atomic mass is 16.5. The summed E-state index contributed by atoms with van der Waals surface area (Å²) in [6.45, 7) is 6.11. The number of rotatable bonds is 9. The maximum absolute atomic E-state index is 10.9. The van der Waals surface area contributed by atoms with E-state index in [1.54, 1.807) is 0 Å². The molecule has 0 saturated carbocycles. The third-order valence-corrected chi connectivity index (χ3v) is 6.20. The Labute approximate surface area is 209 Å². The molecule has 4 rings (SSSR count). The van der Waals surface area contributed by atoms with Crippen LogP contribution < -0.4 is 4.90 Å². The van der Waals surface area contributed by atoms with Crippen LogP contribution in [-0.2, 0) is 28.8 Å². The number of nitrogens with zero attached hydrogens (tertiary/aromatic N) is 1. The van der Waals surface area contributed by atoms with Gasteiger partial charge in [0.25, 0.3) is 0 Å². The molecule has 0 aliphatic rings. The molecule has 0 atom stereocenters. The van der Waals surface area contributed by atoms with E-state index in [-0.39, 0.29) is 5.97 Å². The SMILES string of the molecule is CC(=O)OCCc1ccc(CCc2ccc(N(c3ccc(C)cc3)c3ccc(C)cc3)cc2)cc1. The molecule has 0 aliphatic heterocycles. The summed E-state index contributed by atoms with van der Waals surface area (Å²) in [5.74, 6) is -0.228. The zero-order valence-electron chi connectivity index (χ0n) is 20.8. The first-order chi connectivity index (χ1) is 17.0. The third kappa shape index (κ3) is 6.83. The van der Waals surface area contributed by atoms with E-state index in [0.29, 0.717) is 6.61 Å². The number of esters is 1. The van der Waals surface area contributed by atoms with Gasteiger partial charge in [-0.1, -0.05) is 71.8 Å². The molecule has 0 bridgehead atoms. The molecular formula is C32H33NO2. The van der Waals surface area contributed by atoms with Crippen molar-refractivity contribution in [3.05, 3.63) is 125 Å². The summed E-state index contributed by atoms with van der Waals surface area (Å²) in [6.07, 6.45) is 2.73. The maximum atomic E-state index is 10.9. The standard InChI is InChI=1S/C32H33NO2/c1-24-4-16-30(17-5-24)33(31-18-6-25(2)7-19-31)32-20-14-28(15-21-32)9-8-27-10-12-29(13-11-27)22-23-35-26(3)34/h4-7,10-21H,8-9,22-23H2,1-3H3. The normalized spacial score (nSPS) is 10.7. The first-order valence-corrected chi connectivity index (χ1v) is 12.2. The molecule has 0 saturated heterocycles. The second-order valence-electron chi connectivity index (χ2n) is 9.08. The van der Waals surface area contributed by atoms with E-state index in [0.717, 1.165) is 36.3 Å². The van der Waals surface area contributed by atoms with Crippen molar-refractivity contribution in [2.75, 3.05) is 11.5 Å². The number of ether oxygens (including phenoxy) is 1. The number of anilines is 3. The molecule has 3 heteroatoms. The number of carbonyl (C=O) groups is 1. The number of benzene rings is 4. The Bertz CT molecular complexity index is 1180. The molecule has 3 nitrogen and oxygen atoms in total. The van der Waals surface area contributed by atoms with Gasteiger partial charge in [0.15, 0.2) is 0 Å². The minimum absolute atomic E-state index is 0.228. The molecule has 0 aliphatic carbocycles. The monoisotopic (exact) mass is 463 g/mol. The fraction of sp³-hybridized carbons (Fsp3) is 0.219. The van der Waals surface area contributed by atoms with Crippen molar-refractivity contribution in [2.45, 2.75) is 40.0 Å². The van der Waals surface area contributed by atoms with Gasteiger partial charge in [0.2, 0.25) is 0 Å². The topological polar surface area (TPSA) is 29.5 Å². The van der Waals surface area contributed by atoms with E-state index < -0.39 is 0 Å². The molecule has 0 N–H and O–H groups in total. The van der Waals surface area contributed by atoms with Gasteiger partial charge in [-0.25, -0.2) is 0 Å². The molecule has 0 unspecified atom stereocenters. The second kappa shape index (κ2) is 11.5. The van der Waals surface area contributed by atoms with E-state index in [4.69, 9.17) is 4.74 Å². The Morgan fingerprint density at radius 3 is 1.31 bits per heavy atom. The molecule has 0 aromatic heterocycles. The summed E-state index contributed by atoms with van der Waals surface area (Å²) in [5.41, 5.74) is 9.79. The summed E-state index contributed by atoms with van der Waals surface area (Å²) in [6, 6.07) is 34.9. The zero-order chi connectivity index (χ0) is 24.6. The molecule has 4 aromatic carbocycles. The van der Waals surface area contributed by atoms with Crippen LogP contribution >= 0.6 is 0 Å². The van der Waals surface area contributed by atoms with Crippen molar-refractivity contribution in [3.63, 3.8) is 0 Å². The summed E-state index contributed by atoms with van der Waals surface area (Å²) in [5, 5.41) is 0. The Morgan fingerprint density at radius 2 is 0.914 bits per heavy atom. The lowest BCUT2D eigenvalue weighted by Gasteiger charge is -2.26. The van der Waals surface area contributed by atoms with Gasteiger partial charge >= 0.3 is 5.97 Å². The van der Waals surface area contributed by atoms with Crippen LogP contribution in [0.2, 0.25) is 0 Å². The lowest BCUT2D eigenvalue weighted by atomic mass is 10.0. The van der Waals surface area contributed by atoms with Gasteiger partial charge in [0, 0.05) is 30.4 Å². The van der Waals surface area contributed by atoms with Crippen LogP contribution in [0.25, 0.3) is 0 Å². The Morgan fingerprint density at radius 1 is 0.571 bits per heavy atom. The summed E-state index contributed by atoms with van der Waals surface area (Å²) >= 11 is 0. The van der Waals surface area contributed by atoms with Crippen molar-refractivity contribution in [1.29, 1.82) is 0 Å². The van der Waals surface area contributed by atoms with Crippen molar-refractivity contribution >= 4 is 23.0 Å². The maximum Gasteiger partial charge on any atom is 0.302 e. The molecule has 0 spiro atoms. The molecule has 178 valence electrons. The average molecular weight is 464 g/mol. The summed E-state index contributed by atoms with van der Waals surface area (Å²) in [4.78, 5) is 13.2. The van der Waals surface area contributed by atoms with Gasteiger partial charge < -0.3 is 9.64 Å². The second-order valence-corrected chi connectivity index (χ2v) is 9.08. The average Bonchev–Trinajstić information content (AvgIpc) is 2.86. The fourth-order valence-electron chi connectivity index (χ4n) is 4.12. The highest BCUT2D eigenvalue weighted by Crippen LogP contribution is 2.34. The van der Waals surface area contributed by atoms with Gasteiger partial charge in [0.1, 0.15) is 0 Å². The largest absolute Gasteiger partial charge is 0.466 e. The van der Waals surface area contributed by atoms with E-state index in [1.807, 2.05) is 0 Å². The van der Waals surface area contributed by atoms with Crippen molar-refractivity contribution in [1.82, 2.24) is 0 Å². The Hall–Kier alpha value is -3.85. The predicted octanol–water partition coefficient (Wildman–Crippen LogP) is 7.66. The lowest BCUT2D eigenvalue weighted by Crippen LogP contribution is -2.10. The Kier molecular flexibility index (Phi) is 7.99. The van der Waals surface area contributed by atoms with E-state index in [1.165, 1.54) is 34.7 Å². The zero-order valence-corrected chi connectivity index (χ0v) is 20.8. The van der Waals surface area contributed by atoms with Crippen LogP contribution in [-0.4, -0.2) is 12.6 Å². The highest BCUT2D eigenvalue weighted by molar-refractivity contribution is 5.76. The van der Waals surface area contributed by atoms with Crippen LogP contribution in [0.15, 0.2) is 97.1 Å². The molecule has 4 aromatic rings. The van der Waals surface area contributed by atoms with E-state index >= 15 is 0 Å². The van der Waals surface area contributed by atoms with Gasteiger partial charge in [-0.3, -0.25) is 4.79 Å². The van der Waals surface area contributed by atoms with Crippen molar-refractivity contribution < 1.29 is 9.53 Å². The van der Waals surface area contributed by atoms with Crippen molar-refractivity contribution in [3.8, 4) is 0 Å².